The second-order valence-electron chi connectivity index (χ2n) is 6.17. The molecular weight excluding hydrogens is 337 g/mol. The number of benzene rings is 1. The van der Waals surface area contributed by atoms with Crippen molar-refractivity contribution in [2.24, 2.45) is 5.92 Å². The highest BCUT2D eigenvalue weighted by Gasteiger charge is 2.38. The maximum Gasteiger partial charge on any atom is 0.326 e. The van der Waals surface area contributed by atoms with Crippen LogP contribution in [0.5, 0.6) is 5.75 Å². The Bertz CT molecular complexity index is 835. The van der Waals surface area contributed by atoms with E-state index in [0.29, 0.717) is 22.3 Å². The van der Waals surface area contributed by atoms with Crippen LogP contribution in [0.1, 0.15) is 19.4 Å². The van der Waals surface area contributed by atoms with Crippen molar-refractivity contribution in [1.29, 1.82) is 0 Å². The highest BCUT2D eigenvalue weighted by atomic mass is 32.2. The van der Waals surface area contributed by atoms with Crippen LogP contribution in [-0.2, 0) is 15.0 Å². The van der Waals surface area contributed by atoms with Crippen LogP contribution in [0.3, 0.4) is 0 Å². The molecule has 9 heteroatoms. The average molecular weight is 355 g/mol. The number of hydrogen-bond acceptors (Lipinski definition) is 5. The van der Waals surface area contributed by atoms with Gasteiger partial charge in [0.05, 0.1) is 0 Å². The Hall–Kier alpha value is -2.13. The van der Waals surface area contributed by atoms with Gasteiger partial charge in [-0.25, -0.2) is 13.4 Å². The van der Waals surface area contributed by atoms with Crippen molar-refractivity contribution >= 4 is 27.4 Å². The average Bonchev–Trinajstić information content (AvgIpc) is 3.04. The Morgan fingerprint density at radius 3 is 2.62 bits per heavy atom. The number of carbonyl (C=O) groups excluding carboxylic acids is 1. The predicted molar refractivity (Wildman–Crippen MR) is 87.1 cm³/mol. The maximum atomic E-state index is 15.0. The minimum atomic E-state index is -4.20. The van der Waals surface area contributed by atoms with Gasteiger partial charge in [-0.3, -0.25) is 4.79 Å². The zero-order valence-corrected chi connectivity index (χ0v) is 14.0. The molecule has 7 nitrogen and oxygen atoms in total. The van der Waals surface area contributed by atoms with Crippen LogP contribution in [0, 0.1) is 11.7 Å². The van der Waals surface area contributed by atoms with Crippen molar-refractivity contribution in [3.05, 3.63) is 29.6 Å². The molecule has 0 bridgehead atoms. The molecule has 3 rings (SSSR count). The normalized spacial score (nSPS) is 22.8. The molecule has 1 amide bonds. The lowest BCUT2D eigenvalue weighted by Crippen LogP contribution is -2.30. The summed E-state index contributed by atoms with van der Waals surface area (Å²) in [6.07, 6.45) is 1.89. The Morgan fingerprint density at radius 2 is 2.08 bits per heavy atom. The van der Waals surface area contributed by atoms with E-state index in [2.05, 4.69) is 5.32 Å². The molecular formula is C15H18FN3O4S. The lowest BCUT2D eigenvalue weighted by molar-refractivity contribution is -0.117. The van der Waals surface area contributed by atoms with Crippen LogP contribution >= 0.6 is 0 Å². The van der Waals surface area contributed by atoms with E-state index in [0.717, 1.165) is 0 Å². The van der Waals surface area contributed by atoms with E-state index >= 15 is 0 Å². The zero-order chi connectivity index (χ0) is 17.6. The smallest absolute Gasteiger partial charge is 0.326 e. The van der Waals surface area contributed by atoms with Gasteiger partial charge in [-0.15, -0.1) is 0 Å². The summed E-state index contributed by atoms with van der Waals surface area (Å²) in [7, 11) is -4.20. The maximum absolute atomic E-state index is 15.0. The molecule has 2 aliphatic rings. The summed E-state index contributed by atoms with van der Waals surface area (Å²) in [5.41, 5.74) is 0.371. The number of phenols is 1. The van der Waals surface area contributed by atoms with Crippen LogP contribution < -0.4 is 14.3 Å². The quantitative estimate of drug-likeness (QED) is 0.742. The van der Waals surface area contributed by atoms with Gasteiger partial charge in [-0.2, -0.15) is 8.42 Å². The number of nitrogens with zero attached hydrogens (tertiary/aromatic N) is 1. The molecule has 130 valence electrons. The molecule has 2 aliphatic heterocycles. The molecule has 0 spiro atoms. The van der Waals surface area contributed by atoms with Gasteiger partial charge in [-0.1, -0.05) is 19.9 Å². The molecule has 0 saturated carbocycles. The predicted octanol–water partition coefficient (Wildman–Crippen LogP) is 0.724. The summed E-state index contributed by atoms with van der Waals surface area (Å²) in [6.45, 7) is 3.93. The highest BCUT2D eigenvalue weighted by Crippen LogP contribution is 2.38. The van der Waals surface area contributed by atoms with E-state index in [4.69, 9.17) is 0 Å². The Morgan fingerprint density at radius 1 is 1.38 bits per heavy atom. The summed E-state index contributed by atoms with van der Waals surface area (Å²) in [4.78, 5) is 11.4. The standard InChI is InChI=1S/C15H18FN3O4S/c1-8(2)11-5-9(6-17-11)10-3-4-12(20)15(14(10)16)19-7-13(21)18-24(19,22)23/h3-5,8,11,17,20H,6-7H2,1-2H3,(H,18,21). The van der Waals surface area contributed by atoms with Gasteiger partial charge in [0.15, 0.2) is 5.82 Å². The molecule has 1 unspecified atom stereocenters. The third-order valence-electron chi connectivity index (χ3n) is 4.14. The molecule has 1 atom stereocenters. The Kier molecular flexibility index (Phi) is 4.00. The first-order chi connectivity index (χ1) is 11.2. The molecule has 3 N–H and O–H groups in total. The van der Waals surface area contributed by atoms with Crippen molar-refractivity contribution in [3.63, 3.8) is 0 Å². The van der Waals surface area contributed by atoms with E-state index in [1.54, 1.807) is 4.72 Å². The minimum Gasteiger partial charge on any atom is -0.506 e. The van der Waals surface area contributed by atoms with Gasteiger partial charge in [0, 0.05) is 18.2 Å². The van der Waals surface area contributed by atoms with Gasteiger partial charge in [0.1, 0.15) is 18.0 Å². The number of anilines is 1. The molecule has 0 aromatic heterocycles. The lowest BCUT2D eigenvalue weighted by Gasteiger charge is -2.18. The Balaban J connectivity index is 2.07. The molecule has 0 radical (unpaired) electrons. The van der Waals surface area contributed by atoms with Crippen LogP contribution in [0.2, 0.25) is 0 Å². The minimum absolute atomic E-state index is 0.0930. The molecule has 1 aromatic rings. The Labute approximate surface area is 139 Å². The van der Waals surface area contributed by atoms with Crippen molar-refractivity contribution in [2.45, 2.75) is 19.9 Å². The lowest BCUT2D eigenvalue weighted by atomic mass is 10.0. The SMILES string of the molecule is CC(C)C1C=C(c2ccc(O)c(N3CC(=O)NS3(=O)=O)c2F)CN1. The summed E-state index contributed by atoms with van der Waals surface area (Å²) < 4.78 is 41.2. The number of amides is 1. The number of hydrogen-bond donors (Lipinski definition) is 3. The van der Waals surface area contributed by atoms with Crippen molar-refractivity contribution in [2.75, 3.05) is 17.4 Å². The number of aromatic hydroxyl groups is 1. The number of carbonyl (C=O) groups is 1. The first-order valence-electron chi connectivity index (χ1n) is 7.50. The topological polar surface area (TPSA) is 98.7 Å². The number of phenolic OH excluding ortho intramolecular Hbond substituents is 1. The van der Waals surface area contributed by atoms with Crippen LogP contribution in [0.15, 0.2) is 18.2 Å². The highest BCUT2D eigenvalue weighted by molar-refractivity contribution is 7.92. The largest absolute Gasteiger partial charge is 0.506 e. The summed E-state index contributed by atoms with van der Waals surface area (Å²) in [5.74, 6) is -1.86. The fourth-order valence-electron chi connectivity index (χ4n) is 2.86. The van der Waals surface area contributed by atoms with E-state index in [-0.39, 0.29) is 11.6 Å². The summed E-state index contributed by atoms with van der Waals surface area (Å²) >= 11 is 0. The molecule has 1 aromatic carbocycles. The zero-order valence-electron chi connectivity index (χ0n) is 13.2. The van der Waals surface area contributed by atoms with Crippen molar-refractivity contribution in [3.8, 4) is 5.75 Å². The van der Waals surface area contributed by atoms with Gasteiger partial charge in [0.2, 0.25) is 0 Å². The first kappa shape index (κ1) is 16.7. The third kappa shape index (κ3) is 2.73. The van der Waals surface area contributed by atoms with Gasteiger partial charge < -0.3 is 10.4 Å². The van der Waals surface area contributed by atoms with Gasteiger partial charge in [0.25, 0.3) is 5.91 Å². The molecule has 2 heterocycles. The molecule has 24 heavy (non-hydrogen) atoms. The van der Waals surface area contributed by atoms with Crippen molar-refractivity contribution in [1.82, 2.24) is 10.0 Å². The monoisotopic (exact) mass is 355 g/mol. The molecule has 0 aliphatic carbocycles. The number of nitrogens with one attached hydrogen (secondary N) is 2. The van der Waals surface area contributed by atoms with E-state index in [9.17, 15) is 22.7 Å². The van der Waals surface area contributed by atoms with Crippen LogP contribution in [0.4, 0.5) is 10.1 Å². The fourth-order valence-corrected chi connectivity index (χ4v) is 4.02. The van der Waals surface area contributed by atoms with Crippen molar-refractivity contribution < 1.29 is 22.7 Å². The third-order valence-corrected chi connectivity index (χ3v) is 5.52. The van der Waals surface area contributed by atoms with Gasteiger partial charge in [-0.05, 0) is 23.6 Å². The van der Waals surface area contributed by atoms with Crippen LogP contribution in [0.25, 0.3) is 5.57 Å². The molecule has 1 fully saturated rings. The van der Waals surface area contributed by atoms with Crippen LogP contribution in [-0.4, -0.2) is 38.6 Å². The summed E-state index contributed by atoms with van der Waals surface area (Å²) in [6, 6.07) is 2.73. The van der Waals surface area contributed by atoms with E-state index in [1.807, 2.05) is 19.9 Å². The number of rotatable bonds is 3. The van der Waals surface area contributed by atoms with Gasteiger partial charge >= 0.3 is 10.2 Å². The molecule has 1 saturated heterocycles. The summed E-state index contributed by atoms with van der Waals surface area (Å²) in [5, 5.41) is 13.2. The van der Waals surface area contributed by atoms with E-state index in [1.165, 1.54) is 12.1 Å². The van der Waals surface area contributed by atoms with E-state index < -0.39 is 39.9 Å². The fraction of sp³-hybridized carbons (Fsp3) is 0.400. The second kappa shape index (κ2) is 5.75. The first-order valence-corrected chi connectivity index (χ1v) is 8.94. The second-order valence-corrected chi connectivity index (χ2v) is 7.77. The number of halogens is 1.